The third-order valence-electron chi connectivity index (χ3n) is 6.07. The van der Waals surface area contributed by atoms with Gasteiger partial charge in [0.25, 0.3) is 5.91 Å². The molecule has 26 heavy (non-hydrogen) atoms. The van der Waals surface area contributed by atoms with Crippen LogP contribution < -0.4 is 0 Å². The number of amides is 2. The molecule has 2 amide bonds. The maximum atomic E-state index is 13.0. The largest absolute Gasteiger partial charge is 0.338 e. The number of carbonyl (C=O) groups excluding carboxylic acids is 2. The molecular formula is C20H25BrN2O2S. The molecule has 0 bridgehead atoms. The molecule has 6 heteroatoms. The molecule has 0 unspecified atom stereocenters. The second-order valence-corrected chi connectivity index (χ2v) is 9.94. The van der Waals surface area contributed by atoms with E-state index in [4.69, 9.17) is 0 Å². The van der Waals surface area contributed by atoms with E-state index in [0.29, 0.717) is 5.91 Å². The molecule has 4 nitrogen and oxygen atoms in total. The summed E-state index contributed by atoms with van der Waals surface area (Å²) in [7, 11) is 0. The first kappa shape index (κ1) is 18.4. The van der Waals surface area contributed by atoms with E-state index < -0.39 is 0 Å². The lowest BCUT2D eigenvalue weighted by Gasteiger charge is -2.44. The van der Waals surface area contributed by atoms with Gasteiger partial charge in [-0.1, -0.05) is 28.8 Å². The molecule has 3 aliphatic rings. The summed E-state index contributed by atoms with van der Waals surface area (Å²) in [5.74, 6) is 1.75. The first-order valence-electron chi connectivity index (χ1n) is 9.59. The van der Waals surface area contributed by atoms with Crippen LogP contribution in [0, 0.1) is 5.92 Å². The van der Waals surface area contributed by atoms with Gasteiger partial charge >= 0.3 is 0 Å². The highest BCUT2D eigenvalue weighted by molar-refractivity contribution is 9.10. The van der Waals surface area contributed by atoms with Crippen LogP contribution in [0.5, 0.6) is 0 Å². The molecule has 1 aliphatic carbocycles. The van der Waals surface area contributed by atoms with Gasteiger partial charge in [-0.25, -0.2) is 0 Å². The number of hydrogen-bond acceptors (Lipinski definition) is 3. The van der Waals surface area contributed by atoms with Crippen molar-refractivity contribution in [3.63, 3.8) is 0 Å². The van der Waals surface area contributed by atoms with E-state index in [2.05, 4.69) is 20.8 Å². The van der Waals surface area contributed by atoms with Gasteiger partial charge in [0.05, 0.1) is 4.87 Å². The number of piperidine rings is 1. The molecule has 2 saturated heterocycles. The Hall–Kier alpha value is -1.01. The van der Waals surface area contributed by atoms with Gasteiger partial charge < -0.3 is 9.80 Å². The van der Waals surface area contributed by atoms with Crippen molar-refractivity contribution in [3.05, 3.63) is 34.3 Å². The minimum Gasteiger partial charge on any atom is -0.338 e. The van der Waals surface area contributed by atoms with Crippen LogP contribution >= 0.6 is 27.7 Å². The van der Waals surface area contributed by atoms with E-state index in [0.717, 1.165) is 61.1 Å². The number of carbonyl (C=O) groups is 2. The van der Waals surface area contributed by atoms with Crippen molar-refractivity contribution in [3.8, 4) is 0 Å². The zero-order valence-corrected chi connectivity index (χ0v) is 17.4. The molecule has 0 N–H and O–H groups in total. The maximum absolute atomic E-state index is 13.0. The average Bonchev–Trinajstić information content (AvgIpc) is 3.32. The van der Waals surface area contributed by atoms with Gasteiger partial charge in [-0.05, 0) is 49.9 Å². The molecule has 1 saturated carbocycles. The summed E-state index contributed by atoms with van der Waals surface area (Å²) in [6.07, 6.45) is 6.28. The molecule has 1 spiro atoms. The number of halogens is 1. The van der Waals surface area contributed by atoms with E-state index >= 15 is 0 Å². The van der Waals surface area contributed by atoms with Crippen molar-refractivity contribution in [2.75, 3.05) is 25.4 Å². The minimum absolute atomic E-state index is 0.0732. The first-order valence-corrected chi connectivity index (χ1v) is 11.4. The third-order valence-corrected chi connectivity index (χ3v) is 8.15. The third kappa shape index (κ3) is 3.42. The van der Waals surface area contributed by atoms with Gasteiger partial charge in [0.2, 0.25) is 5.91 Å². The Balaban J connectivity index is 1.42. The molecule has 0 aromatic heterocycles. The van der Waals surface area contributed by atoms with Crippen molar-refractivity contribution >= 4 is 39.5 Å². The maximum Gasteiger partial charge on any atom is 0.253 e. The van der Waals surface area contributed by atoms with E-state index in [1.54, 1.807) is 0 Å². The van der Waals surface area contributed by atoms with Crippen LogP contribution in [0.2, 0.25) is 0 Å². The summed E-state index contributed by atoms with van der Waals surface area (Å²) in [4.78, 5) is 29.8. The monoisotopic (exact) mass is 436 g/mol. The van der Waals surface area contributed by atoms with Gasteiger partial charge in [-0.15, -0.1) is 11.8 Å². The number of hydrogen-bond donors (Lipinski definition) is 0. The lowest BCUT2D eigenvalue weighted by Crippen LogP contribution is -2.54. The van der Waals surface area contributed by atoms with Crippen LogP contribution in [0.25, 0.3) is 0 Å². The number of thioether (sulfide) groups is 1. The van der Waals surface area contributed by atoms with Crippen LogP contribution in [0.1, 0.15) is 48.9 Å². The van der Waals surface area contributed by atoms with Crippen LogP contribution in [-0.4, -0.2) is 51.9 Å². The molecule has 1 aromatic rings. The molecule has 2 heterocycles. The first-order chi connectivity index (χ1) is 12.6. The van der Waals surface area contributed by atoms with Gasteiger partial charge in [-0.3, -0.25) is 9.59 Å². The Morgan fingerprint density at radius 1 is 1.04 bits per heavy atom. The zero-order valence-electron chi connectivity index (χ0n) is 15.0. The van der Waals surface area contributed by atoms with E-state index in [-0.39, 0.29) is 16.7 Å². The molecule has 3 fully saturated rings. The molecule has 0 radical (unpaired) electrons. The van der Waals surface area contributed by atoms with Crippen molar-refractivity contribution in [1.82, 2.24) is 9.80 Å². The highest BCUT2D eigenvalue weighted by atomic mass is 79.9. The van der Waals surface area contributed by atoms with Crippen LogP contribution in [0.3, 0.4) is 0 Å². The fraction of sp³-hybridized carbons (Fsp3) is 0.600. The Kier molecular flexibility index (Phi) is 5.33. The Morgan fingerprint density at radius 2 is 1.69 bits per heavy atom. The van der Waals surface area contributed by atoms with Crippen molar-refractivity contribution in [2.45, 2.75) is 43.4 Å². The second-order valence-electron chi connectivity index (χ2n) is 7.57. The standard InChI is InChI=1S/C20H25BrN2O2S/c21-17-7-5-16(6-8-17)18(24)22-11-9-20(10-12-22)23(13-14-26-20)19(25)15-3-1-2-4-15/h5-8,15H,1-4,9-14H2. The lowest BCUT2D eigenvalue weighted by atomic mass is 9.98. The Labute approximate surface area is 167 Å². The van der Waals surface area contributed by atoms with Crippen LogP contribution in [0.4, 0.5) is 0 Å². The fourth-order valence-electron chi connectivity index (χ4n) is 4.56. The normalized spacial score (nSPS) is 23.0. The average molecular weight is 437 g/mol. The topological polar surface area (TPSA) is 40.6 Å². The summed E-state index contributed by atoms with van der Waals surface area (Å²) in [5, 5.41) is 0. The highest BCUT2D eigenvalue weighted by Crippen LogP contribution is 2.45. The lowest BCUT2D eigenvalue weighted by molar-refractivity contribution is -0.138. The molecule has 2 aliphatic heterocycles. The van der Waals surface area contributed by atoms with Crippen LogP contribution in [-0.2, 0) is 4.79 Å². The summed E-state index contributed by atoms with van der Waals surface area (Å²) in [6, 6.07) is 7.56. The number of nitrogens with zero attached hydrogens (tertiary/aromatic N) is 2. The fourth-order valence-corrected chi connectivity index (χ4v) is 6.29. The summed E-state index contributed by atoms with van der Waals surface area (Å²) in [6.45, 7) is 2.34. The molecule has 4 rings (SSSR count). The minimum atomic E-state index is -0.0732. The van der Waals surface area contributed by atoms with Gasteiger partial charge in [0, 0.05) is 41.3 Å². The van der Waals surface area contributed by atoms with Crippen molar-refractivity contribution in [1.29, 1.82) is 0 Å². The summed E-state index contributed by atoms with van der Waals surface area (Å²) in [5.41, 5.74) is 0.738. The number of likely N-dealkylation sites (tertiary alicyclic amines) is 1. The molecule has 140 valence electrons. The second kappa shape index (κ2) is 7.55. The molecule has 0 atom stereocenters. The van der Waals surface area contributed by atoms with E-state index in [9.17, 15) is 9.59 Å². The van der Waals surface area contributed by atoms with Gasteiger partial charge in [0.15, 0.2) is 0 Å². The summed E-state index contributed by atoms with van der Waals surface area (Å²) < 4.78 is 0.982. The Bertz CT molecular complexity index is 680. The van der Waals surface area contributed by atoms with Gasteiger partial charge in [-0.2, -0.15) is 0 Å². The smallest absolute Gasteiger partial charge is 0.253 e. The predicted octanol–water partition coefficient (Wildman–Crippen LogP) is 4.15. The Morgan fingerprint density at radius 3 is 2.35 bits per heavy atom. The summed E-state index contributed by atoms with van der Waals surface area (Å²) >= 11 is 5.35. The highest BCUT2D eigenvalue weighted by Gasteiger charge is 2.48. The predicted molar refractivity (Wildman–Crippen MR) is 108 cm³/mol. The molecular weight excluding hydrogens is 412 g/mol. The van der Waals surface area contributed by atoms with Crippen molar-refractivity contribution < 1.29 is 9.59 Å². The van der Waals surface area contributed by atoms with E-state index in [1.807, 2.05) is 40.9 Å². The van der Waals surface area contributed by atoms with Gasteiger partial charge in [0.1, 0.15) is 0 Å². The SMILES string of the molecule is O=C(c1ccc(Br)cc1)N1CCC2(CC1)SCCN2C(=O)C1CCCC1. The zero-order chi connectivity index (χ0) is 18.1. The number of rotatable bonds is 2. The number of benzene rings is 1. The van der Waals surface area contributed by atoms with Crippen molar-refractivity contribution in [2.24, 2.45) is 5.92 Å². The molecule has 1 aromatic carbocycles. The quantitative estimate of drug-likeness (QED) is 0.698. The van der Waals surface area contributed by atoms with E-state index in [1.165, 1.54) is 12.8 Å². The van der Waals surface area contributed by atoms with Crippen LogP contribution in [0.15, 0.2) is 28.7 Å².